The number of aromatic nitrogens is 1. The quantitative estimate of drug-likeness (QED) is 0.354. The molecular weight excluding hydrogens is 330 g/mol. The van der Waals surface area contributed by atoms with Gasteiger partial charge in [0.15, 0.2) is 0 Å². The van der Waals surface area contributed by atoms with Crippen molar-refractivity contribution in [2.24, 2.45) is 5.10 Å². The number of hydrogen-bond acceptors (Lipinski definition) is 3. The highest BCUT2D eigenvalue weighted by molar-refractivity contribution is 6.13. The first-order valence-electron chi connectivity index (χ1n) is 9.19. The van der Waals surface area contributed by atoms with E-state index in [-0.39, 0.29) is 0 Å². The molecule has 3 aromatic carbocycles. The van der Waals surface area contributed by atoms with Gasteiger partial charge in [-0.3, -0.25) is 10.4 Å². The van der Waals surface area contributed by atoms with E-state index in [0.717, 1.165) is 33.3 Å². The Kier molecular flexibility index (Phi) is 6.31. The SMILES string of the molecule is CC.c1ccc(C(=NNc2cccc3cnccc23)c2ccccc2)cc1. The second-order valence-corrected chi connectivity index (χ2v) is 5.71. The van der Waals surface area contributed by atoms with Gasteiger partial charge in [0.25, 0.3) is 0 Å². The maximum absolute atomic E-state index is 4.73. The summed E-state index contributed by atoms with van der Waals surface area (Å²) in [5.74, 6) is 0. The highest BCUT2D eigenvalue weighted by atomic mass is 15.3. The van der Waals surface area contributed by atoms with E-state index in [0.29, 0.717) is 0 Å². The fourth-order valence-electron chi connectivity index (χ4n) is 2.82. The van der Waals surface area contributed by atoms with Gasteiger partial charge in [0.1, 0.15) is 0 Å². The lowest BCUT2D eigenvalue weighted by molar-refractivity contribution is 1.32. The monoisotopic (exact) mass is 353 g/mol. The van der Waals surface area contributed by atoms with Crippen LogP contribution in [-0.4, -0.2) is 10.7 Å². The van der Waals surface area contributed by atoms with Crippen molar-refractivity contribution < 1.29 is 0 Å². The summed E-state index contributed by atoms with van der Waals surface area (Å²) in [6, 6.07) is 28.5. The van der Waals surface area contributed by atoms with Crippen molar-refractivity contribution in [1.82, 2.24) is 4.98 Å². The molecule has 1 N–H and O–H groups in total. The highest BCUT2D eigenvalue weighted by Gasteiger charge is 2.07. The molecule has 3 nitrogen and oxygen atoms in total. The molecule has 0 fully saturated rings. The molecule has 1 aromatic heterocycles. The smallest absolute Gasteiger partial charge is 0.0977 e. The second kappa shape index (κ2) is 9.30. The number of benzene rings is 3. The number of hydrogen-bond donors (Lipinski definition) is 1. The van der Waals surface area contributed by atoms with E-state index in [1.807, 2.05) is 80.7 Å². The summed E-state index contributed by atoms with van der Waals surface area (Å²) in [5, 5.41) is 6.92. The van der Waals surface area contributed by atoms with Gasteiger partial charge in [0.2, 0.25) is 0 Å². The summed E-state index contributed by atoms with van der Waals surface area (Å²) in [5.41, 5.74) is 7.26. The van der Waals surface area contributed by atoms with Crippen molar-refractivity contribution in [3.63, 3.8) is 0 Å². The molecule has 0 saturated carbocycles. The van der Waals surface area contributed by atoms with E-state index in [1.54, 1.807) is 6.20 Å². The first-order valence-corrected chi connectivity index (χ1v) is 9.19. The molecule has 0 amide bonds. The summed E-state index contributed by atoms with van der Waals surface area (Å²) >= 11 is 0. The lowest BCUT2D eigenvalue weighted by Crippen LogP contribution is -2.06. The third-order valence-corrected chi connectivity index (χ3v) is 4.06. The van der Waals surface area contributed by atoms with E-state index in [9.17, 15) is 0 Å². The van der Waals surface area contributed by atoms with Gasteiger partial charge in [-0.2, -0.15) is 5.10 Å². The van der Waals surface area contributed by atoms with Crippen molar-refractivity contribution in [3.8, 4) is 0 Å². The lowest BCUT2D eigenvalue weighted by atomic mass is 10.0. The van der Waals surface area contributed by atoms with E-state index >= 15 is 0 Å². The Morgan fingerprint density at radius 1 is 0.741 bits per heavy atom. The van der Waals surface area contributed by atoms with Gasteiger partial charge in [-0.15, -0.1) is 0 Å². The number of hydrazone groups is 1. The van der Waals surface area contributed by atoms with Crippen molar-refractivity contribution >= 4 is 22.2 Å². The number of anilines is 1. The van der Waals surface area contributed by atoms with Gasteiger partial charge in [-0.25, -0.2) is 0 Å². The standard InChI is InChI=1S/C22H17N3.C2H6/c1-3-8-17(9-4-1)22(18-10-5-2-6-11-18)25-24-21-13-7-12-19-16-23-15-14-20(19)21;1-2/h1-16,24H;1-2H3. The molecule has 0 bridgehead atoms. The largest absolute Gasteiger partial charge is 0.277 e. The van der Waals surface area contributed by atoms with Crippen LogP contribution in [0.5, 0.6) is 0 Å². The number of fused-ring (bicyclic) bond motifs is 1. The van der Waals surface area contributed by atoms with Crippen LogP contribution in [0.2, 0.25) is 0 Å². The first kappa shape index (κ1) is 18.3. The molecule has 0 aliphatic carbocycles. The Morgan fingerprint density at radius 3 is 2.00 bits per heavy atom. The van der Waals surface area contributed by atoms with Crippen LogP contribution in [0.4, 0.5) is 5.69 Å². The predicted molar refractivity (Wildman–Crippen MR) is 115 cm³/mol. The Labute approximate surface area is 160 Å². The van der Waals surface area contributed by atoms with Crippen molar-refractivity contribution in [1.29, 1.82) is 0 Å². The molecule has 0 saturated heterocycles. The zero-order valence-corrected chi connectivity index (χ0v) is 15.6. The highest BCUT2D eigenvalue weighted by Crippen LogP contribution is 2.22. The molecule has 0 atom stereocenters. The van der Waals surface area contributed by atoms with E-state index < -0.39 is 0 Å². The van der Waals surface area contributed by atoms with Crippen LogP contribution in [0, 0.1) is 0 Å². The Hall–Kier alpha value is -3.46. The van der Waals surface area contributed by atoms with Crippen LogP contribution in [0.15, 0.2) is 102 Å². The average Bonchev–Trinajstić information content (AvgIpc) is 2.77. The number of rotatable bonds is 4. The van der Waals surface area contributed by atoms with E-state index in [2.05, 4.69) is 34.7 Å². The summed E-state index contributed by atoms with van der Waals surface area (Å²) in [7, 11) is 0. The van der Waals surface area contributed by atoms with Gasteiger partial charge in [-0.1, -0.05) is 86.6 Å². The molecule has 0 spiro atoms. The molecule has 27 heavy (non-hydrogen) atoms. The fourth-order valence-corrected chi connectivity index (χ4v) is 2.82. The molecule has 3 heteroatoms. The van der Waals surface area contributed by atoms with Crippen LogP contribution in [-0.2, 0) is 0 Å². The zero-order chi connectivity index (χ0) is 18.9. The number of nitrogens with one attached hydrogen (secondary N) is 1. The van der Waals surface area contributed by atoms with Gasteiger partial charge in [0.05, 0.1) is 11.4 Å². The van der Waals surface area contributed by atoms with Gasteiger partial charge >= 0.3 is 0 Å². The second-order valence-electron chi connectivity index (χ2n) is 5.71. The zero-order valence-electron chi connectivity index (χ0n) is 15.6. The summed E-state index contributed by atoms with van der Waals surface area (Å²) in [6.45, 7) is 4.00. The minimum atomic E-state index is 0.909. The van der Waals surface area contributed by atoms with E-state index in [1.165, 1.54) is 0 Å². The number of pyridine rings is 1. The van der Waals surface area contributed by atoms with Gasteiger partial charge in [0, 0.05) is 34.3 Å². The Morgan fingerprint density at radius 2 is 1.37 bits per heavy atom. The minimum absolute atomic E-state index is 0.909. The summed E-state index contributed by atoms with van der Waals surface area (Å²) < 4.78 is 0. The molecule has 4 aromatic rings. The summed E-state index contributed by atoms with van der Waals surface area (Å²) in [6.07, 6.45) is 3.66. The Balaban J connectivity index is 0.00000102. The maximum atomic E-state index is 4.73. The van der Waals surface area contributed by atoms with Crippen LogP contribution < -0.4 is 5.43 Å². The van der Waals surface area contributed by atoms with Crippen molar-refractivity contribution in [3.05, 3.63) is 108 Å². The lowest BCUT2D eigenvalue weighted by Gasteiger charge is -2.10. The first-order chi connectivity index (χ1) is 13.4. The molecule has 4 rings (SSSR count). The number of nitrogens with zero attached hydrogens (tertiary/aromatic N) is 2. The predicted octanol–water partition coefficient (Wildman–Crippen LogP) is 6.13. The molecule has 0 aliphatic rings. The van der Waals surface area contributed by atoms with Gasteiger partial charge in [-0.05, 0) is 12.1 Å². The van der Waals surface area contributed by atoms with E-state index in [4.69, 9.17) is 5.10 Å². The van der Waals surface area contributed by atoms with Crippen LogP contribution in [0.1, 0.15) is 25.0 Å². The van der Waals surface area contributed by atoms with Crippen LogP contribution >= 0.6 is 0 Å². The van der Waals surface area contributed by atoms with Crippen molar-refractivity contribution in [2.45, 2.75) is 13.8 Å². The average molecular weight is 353 g/mol. The third kappa shape index (κ3) is 4.39. The normalized spacial score (nSPS) is 9.85. The fraction of sp³-hybridized carbons (Fsp3) is 0.0833. The Bertz CT molecular complexity index is 962. The molecule has 0 unspecified atom stereocenters. The molecule has 134 valence electrons. The van der Waals surface area contributed by atoms with Crippen LogP contribution in [0.25, 0.3) is 10.8 Å². The summed E-state index contributed by atoms with van der Waals surface area (Å²) in [4.78, 5) is 4.18. The minimum Gasteiger partial charge on any atom is -0.277 e. The molecule has 1 heterocycles. The van der Waals surface area contributed by atoms with Crippen LogP contribution in [0.3, 0.4) is 0 Å². The van der Waals surface area contributed by atoms with Gasteiger partial charge < -0.3 is 0 Å². The molecule has 0 radical (unpaired) electrons. The topological polar surface area (TPSA) is 37.3 Å². The maximum Gasteiger partial charge on any atom is 0.0977 e. The molecular formula is C24H23N3. The van der Waals surface area contributed by atoms with Crippen molar-refractivity contribution in [2.75, 3.05) is 5.43 Å². The third-order valence-electron chi connectivity index (χ3n) is 4.06. The molecule has 0 aliphatic heterocycles.